The number of hydrogen-bond acceptors (Lipinski definition) is 4. The summed E-state index contributed by atoms with van der Waals surface area (Å²) in [5.74, 6) is 0. The zero-order valence-electron chi connectivity index (χ0n) is 10.8. The normalized spacial score (nSPS) is 15.7. The lowest BCUT2D eigenvalue weighted by Gasteiger charge is -2.29. The first-order valence-corrected chi connectivity index (χ1v) is 6.73. The van der Waals surface area contributed by atoms with Crippen LogP contribution >= 0.6 is 11.9 Å². The molecule has 2 rings (SSSR count). The molecule has 0 aromatic carbocycles. The van der Waals surface area contributed by atoms with Crippen molar-refractivity contribution in [3.8, 4) is 0 Å². The van der Waals surface area contributed by atoms with Crippen LogP contribution in [-0.4, -0.2) is 28.6 Å². The van der Waals surface area contributed by atoms with Gasteiger partial charge in [-0.1, -0.05) is 23.8 Å². The molecule has 0 aliphatic heterocycles. The van der Waals surface area contributed by atoms with Crippen molar-refractivity contribution in [1.29, 1.82) is 0 Å². The van der Waals surface area contributed by atoms with Crippen molar-refractivity contribution in [1.82, 2.24) is 14.7 Å². The molecule has 1 N–H and O–H groups in total. The zero-order valence-corrected chi connectivity index (χ0v) is 11.6. The Bertz CT molecular complexity index is 309. The van der Waals surface area contributed by atoms with Crippen LogP contribution in [0.25, 0.3) is 0 Å². The Labute approximate surface area is 110 Å². The summed E-state index contributed by atoms with van der Waals surface area (Å²) in [7, 11) is 5.23. The van der Waals surface area contributed by atoms with Gasteiger partial charge >= 0.3 is 0 Å². The van der Waals surface area contributed by atoms with Gasteiger partial charge in [-0.25, -0.2) is 9.97 Å². The summed E-state index contributed by atoms with van der Waals surface area (Å²) in [5.41, 5.74) is 0.600. The molecule has 5 heteroatoms. The molecule has 92 valence electrons. The molecule has 1 saturated carbocycles. The molecule has 17 heavy (non-hydrogen) atoms. The number of rotatable bonds is 2. The SMILES string of the molecule is CC(C)(C)SNC1CCC1.[B]c1cncnc1. The molecule has 0 bridgehead atoms. The van der Waals surface area contributed by atoms with Gasteiger partial charge in [-0.15, -0.1) is 0 Å². The van der Waals surface area contributed by atoms with Gasteiger partial charge in [0.15, 0.2) is 0 Å². The molecule has 1 aliphatic rings. The maximum atomic E-state index is 5.23. The zero-order chi connectivity index (χ0) is 12.7. The van der Waals surface area contributed by atoms with Crippen LogP contribution in [0.4, 0.5) is 0 Å². The van der Waals surface area contributed by atoms with E-state index in [-0.39, 0.29) is 0 Å². The third-order valence-corrected chi connectivity index (χ3v) is 3.28. The van der Waals surface area contributed by atoms with Crippen LogP contribution in [0.1, 0.15) is 40.0 Å². The Morgan fingerprint density at radius 3 is 2.18 bits per heavy atom. The predicted octanol–water partition coefficient (Wildman–Crippen LogP) is 1.85. The molecule has 1 aromatic rings. The van der Waals surface area contributed by atoms with Gasteiger partial charge in [0.1, 0.15) is 14.2 Å². The van der Waals surface area contributed by atoms with E-state index in [1.807, 2.05) is 11.9 Å². The number of nitrogens with zero attached hydrogens (tertiary/aromatic N) is 2. The van der Waals surface area contributed by atoms with Gasteiger partial charge in [0.25, 0.3) is 0 Å². The summed E-state index contributed by atoms with van der Waals surface area (Å²) in [5, 5.41) is 0. The lowest BCUT2D eigenvalue weighted by Crippen LogP contribution is -2.33. The van der Waals surface area contributed by atoms with Crippen molar-refractivity contribution < 1.29 is 0 Å². The highest BCUT2D eigenvalue weighted by Crippen LogP contribution is 2.26. The fourth-order valence-electron chi connectivity index (χ4n) is 1.10. The third kappa shape index (κ3) is 7.39. The van der Waals surface area contributed by atoms with Gasteiger partial charge in [0.2, 0.25) is 0 Å². The molecule has 1 heterocycles. The van der Waals surface area contributed by atoms with Crippen LogP contribution in [-0.2, 0) is 0 Å². The van der Waals surface area contributed by atoms with Gasteiger partial charge in [0, 0.05) is 23.2 Å². The van der Waals surface area contributed by atoms with Crippen LogP contribution in [0.15, 0.2) is 18.7 Å². The van der Waals surface area contributed by atoms with Gasteiger partial charge in [-0.2, -0.15) is 0 Å². The van der Waals surface area contributed by atoms with Crippen molar-refractivity contribution in [2.45, 2.75) is 50.8 Å². The van der Waals surface area contributed by atoms with Crippen molar-refractivity contribution in [3.63, 3.8) is 0 Å². The Morgan fingerprint density at radius 2 is 1.88 bits per heavy atom. The fourth-order valence-corrected chi connectivity index (χ4v) is 1.85. The predicted molar refractivity (Wildman–Crippen MR) is 75.5 cm³/mol. The van der Waals surface area contributed by atoms with Crippen LogP contribution in [0.2, 0.25) is 0 Å². The monoisotopic (exact) mass is 249 g/mol. The van der Waals surface area contributed by atoms with Crippen molar-refractivity contribution in [2.75, 3.05) is 0 Å². The van der Waals surface area contributed by atoms with E-state index >= 15 is 0 Å². The van der Waals surface area contributed by atoms with E-state index in [0.717, 1.165) is 6.04 Å². The van der Waals surface area contributed by atoms with E-state index in [1.165, 1.54) is 25.6 Å². The molecular weight excluding hydrogens is 229 g/mol. The minimum atomic E-state index is 0.371. The summed E-state index contributed by atoms with van der Waals surface area (Å²) >= 11 is 1.87. The van der Waals surface area contributed by atoms with Crippen molar-refractivity contribution in [2.24, 2.45) is 0 Å². The number of aromatic nitrogens is 2. The Morgan fingerprint density at radius 1 is 1.29 bits per heavy atom. The molecule has 0 amide bonds. The highest BCUT2D eigenvalue weighted by atomic mass is 32.2. The van der Waals surface area contributed by atoms with Crippen molar-refractivity contribution in [3.05, 3.63) is 18.7 Å². The fraction of sp³-hybridized carbons (Fsp3) is 0.667. The van der Waals surface area contributed by atoms with Gasteiger partial charge in [0.05, 0.1) is 0 Å². The van der Waals surface area contributed by atoms with Crippen LogP contribution in [0.3, 0.4) is 0 Å². The standard InChI is InChI=1S/C8H17NS.C4H3BN2/c1-8(2,3)10-9-7-5-4-6-7;5-4-1-6-3-7-2-4/h7,9H,4-6H2,1-3H3;1-3H. The topological polar surface area (TPSA) is 37.8 Å². The quantitative estimate of drug-likeness (QED) is 0.641. The molecule has 0 atom stereocenters. The molecule has 1 fully saturated rings. The molecule has 0 spiro atoms. The Balaban J connectivity index is 0.000000181. The molecule has 1 aromatic heterocycles. The third-order valence-electron chi connectivity index (χ3n) is 2.22. The second kappa shape index (κ2) is 7.02. The summed E-state index contributed by atoms with van der Waals surface area (Å²) in [6.07, 6.45) is 8.71. The summed E-state index contributed by atoms with van der Waals surface area (Å²) < 4.78 is 3.85. The summed E-state index contributed by atoms with van der Waals surface area (Å²) in [6, 6.07) is 0.809. The van der Waals surface area contributed by atoms with Gasteiger partial charge in [-0.05, 0) is 33.6 Å². The first kappa shape index (κ1) is 14.5. The molecule has 2 radical (unpaired) electrons. The van der Waals surface area contributed by atoms with E-state index in [0.29, 0.717) is 10.2 Å². The first-order valence-electron chi connectivity index (χ1n) is 5.91. The highest BCUT2D eigenvalue weighted by Gasteiger charge is 2.19. The summed E-state index contributed by atoms with van der Waals surface area (Å²) in [6.45, 7) is 6.72. The second-order valence-corrected chi connectivity index (χ2v) is 6.80. The Kier molecular flexibility index (Phi) is 5.99. The van der Waals surface area contributed by atoms with Crippen LogP contribution < -0.4 is 10.2 Å². The average molecular weight is 249 g/mol. The maximum Gasteiger partial charge on any atom is 0.118 e. The lowest BCUT2D eigenvalue weighted by molar-refractivity contribution is 0.394. The highest BCUT2D eigenvalue weighted by molar-refractivity contribution is 7.98. The lowest BCUT2D eigenvalue weighted by atomic mass is 9.94. The van der Waals surface area contributed by atoms with Crippen LogP contribution in [0.5, 0.6) is 0 Å². The van der Waals surface area contributed by atoms with Gasteiger partial charge in [-0.3, -0.25) is 4.72 Å². The largest absolute Gasteiger partial charge is 0.261 e. The average Bonchev–Trinajstić information content (AvgIpc) is 2.15. The maximum absolute atomic E-state index is 5.23. The summed E-state index contributed by atoms with van der Waals surface area (Å²) in [4.78, 5) is 7.30. The van der Waals surface area contributed by atoms with E-state index < -0.39 is 0 Å². The molecule has 0 unspecified atom stereocenters. The number of hydrogen-bond donors (Lipinski definition) is 1. The van der Waals surface area contributed by atoms with Gasteiger partial charge < -0.3 is 0 Å². The Hall–Kier alpha value is -0.545. The van der Waals surface area contributed by atoms with Crippen LogP contribution in [0, 0.1) is 0 Å². The van der Waals surface area contributed by atoms with E-state index in [4.69, 9.17) is 7.85 Å². The number of nitrogens with one attached hydrogen (secondary N) is 1. The van der Waals surface area contributed by atoms with E-state index in [1.54, 1.807) is 12.4 Å². The molecular formula is C12H20BN3S. The molecule has 3 nitrogen and oxygen atoms in total. The first-order chi connectivity index (χ1) is 7.97. The molecule has 1 aliphatic carbocycles. The minimum absolute atomic E-state index is 0.371. The van der Waals surface area contributed by atoms with E-state index in [2.05, 4.69) is 35.5 Å². The smallest absolute Gasteiger partial charge is 0.118 e. The molecule has 0 saturated heterocycles. The minimum Gasteiger partial charge on any atom is -0.261 e. The van der Waals surface area contributed by atoms with E-state index in [9.17, 15) is 0 Å². The second-order valence-electron chi connectivity index (χ2n) is 5.13. The van der Waals surface area contributed by atoms with Crippen molar-refractivity contribution >= 4 is 25.3 Å².